The predicted molar refractivity (Wildman–Crippen MR) is 83.8 cm³/mol. The molecule has 0 saturated carbocycles. The number of hydrogen-bond donors (Lipinski definition) is 2. The highest BCUT2D eigenvalue weighted by Crippen LogP contribution is 2.25. The number of carboxylic acid groups (broad SMARTS) is 1. The lowest BCUT2D eigenvalue weighted by Gasteiger charge is -2.18. The van der Waals surface area contributed by atoms with Crippen molar-refractivity contribution in [2.75, 3.05) is 24.3 Å². The van der Waals surface area contributed by atoms with Crippen LogP contribution in [0.5, 0.6) is 0 Å². The van der Waals surface area contributed by atoms with Gasteiger partial charge in [0.05, 0.1) is 17.8 Å². The molecule has 1 aromatic carbocycles. The van der Waals surface area contributed by atoms with Gasteiger partial charge >= 0.3 is 5.97 Å². The second kappa shape index (κ2) is 6.43. The molecule has 106 valence electrons. The monoisotopic (exact) mass is 290 g/mol. The second-order valence-electron chi connectivity index (χ2n) is 4.70. The quantitative estimate of drug-likeness (QED) is 0.858. The zero-order valence-corrected chi connectivity index (χ0v) is 12.4. The van der Waals surface area contributed by atoms with Crippen LogP contribution in [0.25, 0.3) is 0 Å². The van der Waals surface area contributed by atoms with Crippen molar-refractivity contribution in [1.29, 1.82) is 0 Å². The number of carbonyl (C=O) groups is 1. The van der Waals surface area contributed by atoms with Crippen molar-refractivity contribution in [3.8, 4) is 0 Å². The maximum atomic E-state index is 10.7. The van der Waals surface area contributed by atoms with Gasteiger partial charge in [0, 0.05) is 30.4 Å². The van der Waals surface area contributed by atoms with Gasteiger partial charge in [-0.2, -0.15) is 0 Å². The summed E-state index contributed by atoms with van der Waals surface area (Å²) in [7, 11) is 4.02. The molecule has 0 bridgehead atoms. The summed E-state index contributed by atoms with van der Waals surface area (Å²) in [5.74, 6) is -0.788. The normalized spacial score (nSPS) is 10.3. The highest BCUT2D eigenvalue weighted by Gasteiger charge is 2.06. The van der Waals surface area contributed by atoms with E-state index in [0.717, 1.165) is 21.1 Å². The fourth-order valence-electron chi connectivity index (χ4n) is 1.96. The summed E-state index contributed by atoms with van der Waals surface area (Å²) in [6.07, 6.45) is 0.0962. The van der Waals surface area contributed by atoms with E-state index < -0.39 is 5.97 Å². The smallest absolute Gasteiger partial charge is 0.308 e. The average Bonchev–Trinajstić information content (AvgIpc) is 2.83. The van der Waals surface area contributed by atoms with Crippen molar-refractivity contribution < 1.29 is 9.90 Å². The van der Waals surface area contributed by atoms with Crippen molar-refractivity contribution in [3.05, 3.63) is 46.2 Å². The Morgan fingerprint density at radius 3 is 2.60 bits per heavy atom. The minimum atomic E-state index is -0.788. The Kier molecular flexibility index (Phi) is 4.63. The van der Waals surface area contributed by atoms with Crippen LogP contribution in [-0.4, -0.2) is 25.2 Å². The molecule has 0 atom stereocenters. The van der Waals surface area contributed by atoms with Gasteiger partial charge in [0.15, 0.2) is 0 Å². The standard InChI is InChI=1S/C15H18N2O2S/c1-17(2)14-6-4-3-5-13(14)16-10-12-8-7-11(20-12)9-15(18)19/h3-8,16H,9-10H2,1-2H3,(H,18,19). The SMILES string of the molecule is CN(C)c1ccccc1NCc1ccc(CC(=O)O)s1. The maximum absolute atomic E-state index is 10.7. The van der Waals surface area contributed by atoms with Crippen LogP contribution in [0.2, 0.25) is 0 Å². The first-order chi connectivity index (χ1) is 9.56. The third-order valence-electron chi connectivity index (χ3n) is 2.88. The van der Waals surface area contributed by atoms with Crippen molar-refractivity contribution in [2.45, 2.75) is 13.0 Å². The van der Waals surface area contributed by atoms with Gasteiger partial charge in [-0.05, 0) is 24.3 Å². The Morgan fingerprint density at radius 2 is 1.90 bits per heavy atom. The number of thiophene rings is 1. The van der Waals surface area contributed by atoms with Gasteiger partial charge in [-0.3, -0.25) is 4.79 Å². The van der Waals surface area contributed by atoms with Gasteiger partial charge in [0.25, 0.3) is 0 Å². The number of aliphatic carboxylic acids is 1. The summed E-state index contributed by atoms with van der Waals surface area (Å²) in [6.45, 7) is 0.704. The molecular weight excluding hydrogens is 272 g/mol. The van der Waals surface area contributed by atoms with Crippen LogP contribution in [0.4, 0.5) is 11.4 Å². The molecular formula is C15H18N2O2S. The van der Waals surface area contributed by atoms with Gasteiger partial charge in [-0.25, -0.2) is 0 Å². The molecule has 0 amide bonds. The zero-order chi connectivity index (χ0) is 14.5. The molecule has 0 unspecified atom stereocenters. The molecule has 5 heteroatoms. The molecule has 4 nitrogen and oxygen atoms in total. The fourth-order valence-corrected chi connectivity index (χ4v) is 2.91. The number of benzene rings is 1. The summed E-state index contributed by atoms with van der Waals surface area (Å²) in [5.41, 5.74) is 2.21. The molecule has 0 fully saturated rings. The molecule has 20 heavy (non-hydrogen) atoms. The third kappa shape index (κ3) is 3.74. The maximum Gasteiger partial charge on any atom is 0.308 e. The third-order valence-corrected chi connectivity index (χ3v) is 3.97. The van der Waals surface area contributed by atoms with E-state index in [0.29, 0.717) is 6.54 Å². The number of hydrogen-bond acceptors (Lipinski definition) is 4. The molecule has 0 aliphatic heterocycles. The highest BCUT2D eigenvalue weighted by atomic mass is 32.1. The van der Waals surface area contributed by atoms with Crippen molar-refractivity contribution in [2.24, 2.45) is 0 Å². The number of anilines is 2. The number of para-hydroxylation sites is 2. The van der Waals surface area contributed by atoms with Crippen LogP contribution in [0.15, 0.2) is 36.4 Å². The van der Waals surface area contributed by atoms with E-state index in [9.17, 15) is 4.79 Å². The lowest BCUT2D eigenvalue weighted by molar-refractivity contribution is -0.136. The van der Waals surface area contributed by atoms with Gasteiger partial charge in [0.2, 0.25) is 0 Å². The number of carboxylic acids is 1. The van der Waals surface area contributed by atoms with E-state index in [-0.39, 0.29) is 6.42 Å². The van der Waals surface area contributed by atoms with E-state index in [1.807, 2.05) is 44.4 Å². The van der Waals surface area contributed by atoms with Crippen molar-refractivity contribution in [3.63, 3.8) is 0 Å². The van der Waals surface area contributed by atoms with Crippen LogP contribution < -0.4 is 10.2 Å². The first kappa shape index (κ1) is 14.4. The van der Waals surface area contributed by atoms with Crippen LogP contribution in [0, 0.1) is 0 Å². The number of rotatable bonds is 6. The molecule has 0 spiro atoms. The molecule has 1 heterocycles. The molecule has 1 aromatic heterocycles. The summed E-state index contributed by atoms with van der Waals surface area (Å²) < 4.78 is 0. The molecule has 0 aliphatic rings. The second-order valence-corrected chi connectivity index (χ2v) is 5.96. The zero-order valence-electron chi connectivity index (χ0n) is 11.6. The topological polar surface area (TPSA) is 52.6 Å². The van der Waals surface area contributed by atoms with E-state index in [2.05, 4.69) is 16.3 Å². The summed E-state index contributed by atoms with van der Waals surface area (Å²) in [6, 6.07) is 12.0. The Balaban J connectivity index is 2.02. The van der Waals surface area contributed by atoms with Crippen LogP contribution in [-0.2, 0) is 17.8 Å². The van der Waals surface area contributed by atoms with Gasteiger partial charge in [0.1, 0.15) is 0 Å². The summed E-state index contributed by atoms with van der Waals surface area (Å²) >= 11 is 1.54. The molecule has 0 saturated heterocycles. The Bertz CT molecular complexity index is 593. The van der Waals surface area contributed by atoms with Crippen LogP contribution >= 0.6 is 11.3 Å². The molecule has 2 aromatic rings. The first-order valence-electron chi connectivity index (χ1n) is 6.36. The predicted octanol–water partition coefficient (Wildman–Crippen LogP) is 3.05. The number of nitrogens with zero attached hydrogens (tertiary/aromatic N) is 1. The minimum Gasteiger partial charge on any atom is -0.481 e. The van der Waals surface area contributed by atoms with E-state index in [1.165, 1.54) is 11.3 Å². The van der Waals surface area contributed by atoms with E-state index in [1.54, 1.807) is 0 Å². The largest absolute Gasteiger partial charge is 0.481 e. The summed E-state index contributed by atoms with van der Waals surface area (Å²) in [5, 5.41) is 12.2. The van der Waals surface area contributed by atoms with Crippen molar-refractivity contribution >= 4 is 28.7 Å². The Labute approximate surface area is 122 Å². The van der Waals surface area contributed by atoms with E-state index in [4.69, 9.17) is 5.11 Å². The highest BCUT2D eigenvalue weighted by molar-refractivity contribution is 7.12. The molecule has 2 N–H and O–H groups in total. The summed E-state index contributed by atoms with van der Waals surface area (Å²) in [4.78, 5) is 14.7. The molecule has 0 aliphatic carbocycles. The lowest BCUT2D eigenvalue weighted by Crippen LogP contribution is -2.11. The first-order valence-corrected chi connectivity index (χ1v) is 7.17. The number of nitrogens with one attached hydrogen (secondary N) is 1. The van der Waals surface area contributed by atoms with Crippen LogP contribution in [0.1, 0.15) is 9.75 Å². The minimum absolute atomic E-state index is 0.0962. The molecule has 2 rings (SSSR count). The van der Waals surface area contributed by atoms with Crippen molar-refractivity contribution in [1.82, 2.24) is 0 Å². The lowest BCUT2D eigenvalue weighted by atomic mass is 10.2. The Hall–Kier alpha value is -2.01. The average molecular weight is 290 g/mol. The van der Waals surface area contributed by atoms with Gasteiger partial charge < -0.3 is 15.3 Å². The van der Waals surface area contributed by atoms with Gasteiger partial charge in [-0.1, -0.05) is 12.1 Å². The molecule has 0 radical (unpaired) electrons. The van der Waals surface area contributed by atoms with E-state index >= 15 is 0 Å². The van der Waals surface area contributed by atoms with Gasteiger partial charge in [-0.15, -0.1) is 11.3 Å². The van der Waals surface area contributed by atoms with Crippen LogP contribution in [0.3, 0.4) is 0 Å². The fraction of sp³-hybridized carbons (Fsp3) is 0.267. The Morgan fingerprint density at radius 1 is 1.20 bits per heavy atom.